The van der Waals surface area contributed by atoms with Crippen LogP contribution in [-0.4, -0.2) is 96.7 Å². The number of phosphoric ester groups is 2. The van der Waals surface area contributed by atoms with E-state index < -0.39 is 97.5 Å². The van der Waals surface area contributed by atoms with Gasteiger partial charge in [0.2, 0.25) is 0 Å². The van der Waals surface area contributed by atoms with Crippen LogP contribution < -0.4 is 0 Å². The maximum absolute atomic E-state index is 13.0. The molecule has 0 saturated heterocycles. The second kappa shape index (κ2) is 60.3. The number of hydrogen-bond donors (Lipinski definition) is 3. The fourth-order valence-electron chi connectivity index (χ4n) is 10.2. The van der Waals surface area contributed by atoms with Gasteiger partial charge in [0.1, 0.15) is 19.3 Å². The highest BCUT2D eigenvalue weighted by Crippen LogP contribution is 2.45. The van der Waals surface area contributed by atoms with Crippen molar-refractivity contribution in [2.24, 2.45) is 11.8 Å². The smallest absolute Gasteiger partial charge is 0.462 e. The van der Waals surface area contributed by atoms with Gasteiger partial charge in [0.15, 0.2) is 12.2 Å². The molecule has 87 heavy (non-hydrogen) atoms. The van der Waals surface area contributed by atoms with E-state index in [9.17, 15) is 43.2 Å². The normalized spacial score (nSPS) is 14.2. The van der Waals surface area contributed by atoms with Crippen molar-refractivity contribution >= 4 is 39.5 Å². The van der Waals surface area contributed by atoms with Gasteiger partial charge in [-0.3, -0.25) is 37.3 Å². The molecule has 0 amide bonds. The van der Waals surface area contributed by atoms with Gasteiger partial charge >= 0.3 is 39.5 Å². The van der Waals surface area contributed by atoms with Crippen LogP contribution in [0.3, 0.4) is 0 Å². The minimum atomic E-state index is -4.95. The topological polar surface area (TPSA) is 237 Å². The molecule has 0 bridgehead atoms. The van der Waals surface area contributed by atoms with Crippen LogP contribution in [-0.2, 0) is 65.4 Å². The molecule has 0 radical (unpaired) electrons. The highest BCUT2D eigenvalue weighted by molar-refractivity contribution is 7.47. The Morgan fingerprint density at radius 1 is 0.310 bits per heavy atom. The standard InChI is InChI=1S/C68H132O17P2/c1-7-9-11-13-15-25-34-40-46-52-67(72)84-63(56-78-65(70)50-44-38-32-16-14-12-10-8-2)58-82-86(74,75)80-54-62(69)55-81-87(76,77)83-59-64(57-79-66(71)51-45-39-33-29-24-27-31-37-43-49-61(5)6)85-68(73)53-47-41-35-28-23-21-19-17-18-20-22-26-30-36-42-48-60(3)4/h60-64,69H,7-59H2,1-6H3,(H,74,75)(H,76,77)/t62-,63+,64+/m0/s1. The summed E-state index contributed by atoms with van der Waals surface area (Å²) in [7, 11) is -9.89. The lowest BCUT2D eigenvalue weighted by Crippen LogP contribution is -2.30. The van der Waals surface area contributed by atoms with E-state index in [0.717, 1.165) is 108 Å². The fourth-order valence-corrected chi connectivity index (χ4v) is 11.8. The summed E-state index contributed by atoms with van der Waals surface area (Å²) in [5.74, 6) is -0.584. The third-order valence-electron chi connectivity index (χ3n) is 15.7. The molecule has 0 saturated carbocycles. The van der Waals surface area contributed by atoms with E-state index in [0.29, 0.717) is 25.7 Å². The van der Waals surface area contributed by atoms with Gasteiger partial charge in [-0.05, 0) is 37.5 Å². The van der Waals surface area contributed by atoms with Gasteiger partial charge in [-0.15, -0.1) is 0 Å². The van der Waals surface area contributed by atoms with Crippen molar-refractivity contribution in [1.82, 2.24) is 0 Å². The van der Waals surface area contributed by atoms with Crippen LogP contribution in [0, 0.1) is 11.8 Å². The second-order valence-electron chi connectivity index (χ2n) is 25.5. The minimum Gasteiger partial charge on any atom is -0.462 e. The zero-order chi connectivity index (χ0) is 64.3. The number of unbranched alkanes of at least 4 members (excludes halogenated alkanes) is 37. The third-order valence-corrected chi connectivity index (χ3v) is 17.6. The summed E-state index contributed by atoms with van der Waals surface area (Å²) in [6, 6.07) is 0. The summed E-state index contributed by atoms with van der Waals surface area (Å²) in [4.78, 5) is 72.3. The highest BCUT2D eigenvalue weighted by Gasteiger charge is 2.30. The average molecular weight is 1280 g/mol. The summed E-state index contributed by atoms with van der Waals surface area (Å²) in [6.45, 7) is 9.50. The van der Waals surface area contributed by atoms with E-state index in [1.807, 2.05) is 0 Å². The van der Waals surface area contributed by atoms with Gasteiger partial charge in [-0.2, -0.15) is 0 Å². The lowest BCUT2D eigenvalue weighted by atomic mass is 10.0. The lowest BCUT2D eigenvalue weighted by molar-refractivity contribution is -0.161. The first-order valence-electron chi connectivity index (χ1n) is 35.5. The van der Waals surface area contributed by atoms with Gasteiger partial charge < -0.3 is 33.8 Å². The highest BCUT2D eigenvalue weighted by atomic mass is 31.2. The van der Waals surface area contributed by atoms with Gasteiger partial charge in [-0.25, -0.2) is 9.13 Å². The predicted molar refractivity (Wildman–Crippen MR) is 349 cm³/mol. The Bertz CT molecular complexity index is 1700. The largest absolute Gasteiger partial charge is 0.472 e. The SMILES string of the molecule is CCCCCCCCCCCC(=O)O[C@H](COC(=O)CCCCCCCCCC)COP(=O)(O)OC[C@H](O)COP(=O)(O)OC[C@@H](COC(=O)CCCCCCCCCCCC(C)C)OC(=O)CCCCCCCCCCCCCCCCCC(C)C. The molecular weight excluding hydrogens is 1150 g/mol. The van der Waals surface area contributed by atoms with Crippen LogP contribution in [0.1, 0.15) is 343 Å². The molecule has 19 heteroatoms. The first-order chi connectivity index (χ1) is 41.9. The van der Waals surface area contributed by atoms with E-state index in [1.54, 1.807) is 0 Å². The predicted octanol–water partition coefficient (Wildman–Crippen LogP) is 19.2. The zero-order valence-corrected chi connectivity index (χ0v) is 58.1. The molecule has 17 nitrogen and oxygen atoms in total. The molecule has 0 fully saturated rings. The fraction of sp³-hybridized carbons (Fsp3) is 0.941. The lowest BCUT2D eigenvalue weighted by Gasteiger charge is -2.21. The molecule has 2 unspecified atom stereocenters. The summed E-state index contributed by atoms with van der Waals surface area (Å²) in [6.07, 6.45) is 44.5. The average Bonchev–Trinajstić information content (AvgIpc) is 3.53. The van der Waals surface area contributed by atoms with Crippen molar-refractivity contribution in [3.8, 4) is 0 Å². The van der Waals surface area contributed by atoms with Crippen molar-refractivity contribution in [1.29, 1.82) is 0 Å². The summed E-state index contributed by atoms with van der Waals surface area (Å²) in [5.41, 5.74) is 0. The Hall–Kier alpha value is -1.94. The third kappa shape index (κ3) is 62.6. The van der Waals surface area contributed by atoms with Crippen LogP contribution in [0.4, 0.5) is 0 Å². The maximum atomic E-state index is 13.0. The van der Waals surface area contributed by atoms with Crippen molar-refractivity contribution in [3.63, 3.8) is 0 Å². The van der Waals surface area contributed by atoms with Gasteiger partial charge in [0.05, 0.1) is 26.4 Å². The number of carbonyl (C=O) groups is 4. The van der Waals surface area contributed by atoms with Crippen molar-refractivity contribution in [3.05, 3.63) is 0 Å². The molecule has 3 N–H and O–H groups in total. The number of rotatable bonds is 67. The molecule has 0 heterocycles. The van der Waals surface area contributed by atoms with E-state index >= 15 is 0 Å². The Morgan fingerprint density at radius 3 is 0.782 bits per heavy atom. The first kappa shape index (κ1) is 85.1. The minimum absolute atomic E-state index is 0.105. The Balaban J connectivity index is 5.19. The molecule has 0 aromatic heterocycles. The number of hydrogen-bond acceptors (Lipinski definition) is 15. The molecule has 0 aromatic carbocycles. The van der Waals surface area contributed by atoms with Crippen LogP contribution in [0.5, 0.6) is 0 Å². The molecule has 0 aliphatic carbocycles. The molecule has 0 aliphatic rings. The Kier molecular flexibility index (Phi) is 59.0. The number of ether oxygens (including phenoxy) is 4. The van der Waals surface area contributed by atoms with Gasteiger partial charge in [0, 0.05) is 25.7 Å². The maximum Gasteiger partial charge on any atom is 0.472 e. The molecule has 0 rings (SSSR count). The van der Waals surface area contributed by atoms with Crippen LogP contribution in [0.2, 0.25) is 0 Å². The van der Waals surface area contributed by atoms with Crippen LogP contribution in [0.25, 0.3) is 0 Å². The number of aliphatic hydroxyl groups is 1. The van der Waals surface area contributed by atoms with E-state index in [4.69, 9.17) is 37.0 Å². The molecule has 0 spiro atoms. The van der Waals surface area contributed by atoms with Crippen molar-refractivity contribution in [2.75, 3.05) is 39.6 Å². The van der Waals surface area contributed by atoms with E-state index in [1.165, 1.54) is 154 Å². The van der Waals surface area contributed by atoms with Crippen molar-refractivity contribution < 1.29 is 80.2 Å². The van der Waals surface area contributed by atoms with E-state index in [-0.39, 0.29) is 25.7 Å². The molecule has 0 aliphatic heterocycles. The van der Waals surface area contributed by atoms with Crippen molar-refractivity contribution in [2.45, 2.75) is 362 Å². The Morgan fingerprint density at radius 2 is 0.529 bits per heavy atom. The first-order valence-corrected chi connectivity index (χ1v) is 38.5. The van der Waals surface area contributed by atoms with Crippen LogP contribution >= 0.6 is 15.6 Å². The monoisotopic (exact) mass is 1280 g/mol. The zero-order valence-electron chi connectivity index (χ0n) is 56.3. The summed E-state index contributed by atoms with van der Waals surface area (Å²) < 4.78 is 68.1. The quantitative estimate of drug-likeness (QED) is 0.0222. The number of phosphoric acid groups is 2. The van der Waals surface area contributed by atoms with Gasteiger partial charge in [-0.1, -0.05) is 292 Å². The Labute approximate surface area is 530 Å². The van der Waals surface area contributed by atoms with Gasteiger partial charge in [0.25, 0.3) is 0 Å². The second-order valence-corrected chi connectivity index (χ2v) is 28.4. The van der Waals surface area contributed by atoms with E-state index in [2.05, 4.69) is 41.5 Å². The number of carbonyl (C=O) groups excluding carboxylic acids is 4. The molecule has 516 valence electrons. The summed E-state index contributed by atoms with van der Waals surface area (Å²) in [5, 5.41) is 10.6. The summed E-state index contributed by atoms with van der Waals surface area (Å²) >= 11 is 0. The molecule has 5 atom stereocenters. The molecule has 0 aromatic rings. The molecular formula is C68H132O17P2. The number of esters is 4. The van der Waals surface area contributed by atoms with Crippen LogP contribution in [0.15, 0.2) is 0 Å². The number of aliphatic hydroxyl groups excluding tert-OH is 1.